The van der Waals surface area contributed by atoms with Gasteiger partial charge in [-0.2, -0.15) is 13.2 Å². The van der Waals surface area contributed by atoms with Crippen LogP contribution >= 0.6 is 0 Å². The Morgan fingerprint density at radius 3 is 2.45 bits per heavy atom. The van der Waals surface area contributed by atoms with Gasteiger partial charge in [0, 0.05) is 31.6 Å². The van der Waals surface area contributed by atoms with Crippen molar-refractivity contribution >= 4 is 22.6 Å². The number of carbonyl (C=O) groups is 1. The number of aromatic hydroxyl groups is 1. The number of fused-ring (bicyclic) bond motifs is 1. The topological polar surface area (TPSA) is 69.6 Å². The summed E-state index contributed by atoms with van der Waals surface area (Å²) in [5.74, 6) is 0.140. The van der Waals surface area contributed by atoms with Crippen LogP contribution in [-0.4, -0.2) is 58.2 Å². The number of aryl methyl sites for hydroxylation is 1. The van der Waals surface area contributed by atoms with Gasteiger partial charge in [-0.15, -0.1) is 0 Å². The minimum Gasteiger partial charge on any atom is -0.507 e. The van der Waals surface area contributed by atoms with Gasteiger partial charge in [-0.25, -0.2) is 9.97 Å². The average molecular weight is 430 g/mol. The lowest BCUT2D eigenvalue weighted by molar-refractivity contribution is -0.161. The molecule has 2 aromatic carbocycles. The van der Waals surface area contributed by atoms with Crippen LogP contribution in [0.5, 0.6) is 5.75 Å². The molecule has 3 aromatic rings. The van der Waals surface area contributed by atoms with Gasteiger partial charge in [0.25, 0.3) is 0 Å². The molecule has 4 rings (SSSR count). The van der Waals surface area contributed by atoms with Gasteiger partial charge in [0.2, 0.25) is 5.91 Å². The maximum atomic E-state index is 12.6. The molecule has 0 spiro atoms. The number of phenolic OH excluding ortho intramolecular Hbond substituents is 1. The van der Waals surface area contributed by atoms with E-state index in [1.165, 1.54) is 4.90 Å². The number of carbonyl (C=O) groups excluding carboxylic acids is 1. The maximum absolute atomic E-state index is 12.6. The van der Waals surface area contributed by atoms with Crippen LogP contribution < -0.4 is 4.90 Å². The van der Waals surface area contributed by atoms with Crippen molar-refractivity contribution in [2.24, 2.45) is 0 Å². The minimum absolute atomic E-state index is 0.0584. The number of amides is 1. The summed E-state index contributed by atoms with van der Waals surface area (Å²) in [7, 11) is 0. The molecule has 0 saturated carbocycles. The van der Waals surface area contributed by atoms with Crippen molar-refractivity contribution in [3.63, 3.8) is 0 Å². The summed E-state index contributed by atoms with van der Waals surface area (Å²) < 4.78 is 37.7. The van der Waals surface area contributed by atoms with Gasteiger partial charge in [-0.05, 0) is 36.8 Å². The van der Waals surface area contributed by atoms with Crippen LogP contribution in [0.25, 0.3) is 22.3 Å². The molecule has 162 valence electrons. The summed E-state index contributed by atoms with van der Waals surface area (Å²) in [6, 6.07) is 12.6. The number of hydrogen-bond acceptors (Lipinski definition) is 5. The highest BCUT2D eigenvalue weighted by atomic mass is 19.4. The van der Waals surface area contributed by atoms with Crippen LogP contribution in [-0.2, 0) is 4.79 Å². The first-order valence-corrected chi connectivity index (χ1v) is 9.87. The zero-order chi connectivity index (χ0) is 22.2. The molecule has 9 heteroatoms. The van der Waals surface area contributed by atoms with E-state index in [1.54, 1.807) is 24.3 Å². The number of piperazine rings is 1. The third kappa shape index (κ3) is 4.55. The first-order valence-electron chi connectivity index (χ1n) is 9.87. The van der Waals surface area contributed by atoms with Gasteiger partial charge in [0.05, 0.1) is 11.1 Å². The van der Waals surface area contributed by atoms with Gasteiger partial charge >= 0.3 is 6.18 Å². The van der Waals surface area contributed by atoms with E-state index in [4.69, 9.17) is 0 Å². The van der Waals surface area contributed by atoms with Crippen LogP contribution in [0.15, 0.2) is 42.5 Å². The number of aromatic nitrogens is 2. The smallest absolute Gasteiger partial charge is 0.397 e. The summed E-state index contributed by atoms with van der Waals surface area (Å²) in [5, 5.41) is 11.1. The molecule has 1 aliphatic rings. The first-order chi connectivity index (χ1) is 14.7. The van der Waals surface area contributed by atoms with E-state index >= 15 is 0 Å². The average Bonchev–Trinajstić information content (AvgIpc) is 2.72. The predicted octanol–water partition coefficient (Wildman–Crippen LogP) is 3.91. The third-order valence-electron chi connectivity index (χ3n) is 5.26. The van der Waals surface area contributed by atoms with Gasteiger partial charge in [-0.1, -0.05) is 18.2 Å². The number of hydrogen-bond donors (Lipinski definition) is 1. The lowest BCUT2D eigenvalue weighted by atomic mass is 10.1. The SMILES string of the molecule is Cc1ccc2c(N3CCN(C(=O)CC(F)(F)F)CC3)nc(-c3ccccc3O)nc2c1. The molecule has 0 aliphatic carbocycles. The van der Waals surface area contributed by atoms with Crippen molar-refractivity contribution in [2.75, 3.05) is 31.1 Å². The number of rotatable bonds is 3. The number of alkyl halides is 3. The number of benzene rings is 2. The molecule has 0 radical (unpaired) electrons. The number of phenols is 1. The Labute approximate surface area is 176 Å². The van der Waals surface area contributed by atoms with Crippen LogP contribution in [0.2, 0.25) is 0 Å². The second-order valence-electron chi connectivity index (χ2n) is 7.57. The molecular weight excluding hydrogens is 409 g/mol. The Morgan fingerprint density at radius 1 is 1.06 bits per heavy atom. The third-order valence-corrected chi connectivity index (χ3v) is 5.26. The monoisotopic (exact) mass is 430 g/mol. The lowest BCUT2D eigenvalue weighted by Gasteiger charge is -2.36. The van der Waals surface area contributed by atoms with E-state index in [9.17, 15) is 23.1 Å². The second kappa shape index (κ2) is 8.05. The van der Waals surface area contributed by atoms with E-state index in [0.717, 1.165) is 10.9 Å². The Bertz CT molecular complexity index is 1130. The minimum atomic E-state index is -4.51. The quantitative estimate of drug-likeness (QED) is 0.682. The van der Waals surface area contributed by atoms with Crippen molar-refractivity contribution in [3.05, 3.63) is 48.0 Å². The molecule has 1 aromatic heterocycles. The Kier molecular flexibility index (Phi) is 5.43. The van der Waals surface area contributed by atoms with Gasteiger partial charge in [-0.3, -0.25) is 4.79 Å². The summed E-state index contributed by atoms with van der Waals surface area (Å²) in [4.78, 5) is 24.4. The summed E-state index contributed by atoms with van der Waals surface area (Å²) >= 11 is 0. The van der Waals surface area contributed by atoms with Crippen LogP contribution in [0, 0.1) is 6.92 Å². The fraction of sp³-hybridized carbons (Fsp3) is 0.318. The molecule has 0 atom stereocenters. The van der Waals surface area contributed by atoms with E-state index in [2.05, 4.69) is 9.97 Å². The molecule has 2 heterocycles. The van der Waals surface area contributed by atoms with Crippen LogP contribution in [0.3, 0.4) is 0 Å². The Hall–Kier alpha value is -3.36. The standard InChI is InChI=1S/C22H21F3N4O2/c1-14-6-7-15-17(12-14)26-20(16-4-2-3-5-18(16)30)27-21(15)29-10-8-28(9-11-29)19(31)13-22(23,24)25/h2-7,12,30H,8-11,13H2,1H3. The molecular formula is C22H21F3N4O2. The molecule has 1 saturated heterocycles. The summed E-state index contributed by atoms with van der Waals surface area (Å²) in [5.41, 5.74) is 2.22. The van der Waals surface area contributed by atoms with Crippen molar-refractivity contribution in [3.8, 4) is 17.1 Å². The highest BCUT2D eigenvalue weighted by Crippen LogP contribution is 2.32. The lowest BCUT2D eigenvalue weighted by Crippen LogP contribution is -2.49. The number of para-hydroxylation sites is 1. The predicted molar refractivity (Wildman–Crippen MR) is 111 cm³/mol. The Balaban J connectivity index is 1.66. The zero-order valence-electron chi connectivity index (χ0n) is 16.9. The highest BCUT2D eigenvalue weighted by Gasteiger charge is 2.34. The molecule has 1 fully saturated rings. The van der Waals surface area contributed by atoms with Gasteiger partial charge in [0.15, 0.2) is 5.82 Å². The largest absolute Gasteiger partial charge is 0.507 e. The van der Waals surface area contributed by atoms with Crippen molar-refractivity contribution in [1.82, 2.24) is 14.9 Å². The van der Waals surface area contributed by atoms with Gasteiger partial charge in [0.1, 0.15) is 18.0 Å². The first kappa shape index (κ1) is 20.9. The summed E-state index contributed by atoms with van der Waals surface area (Å²) in [6.07, 6.45) is -5.96. The normalized spacial score (nSPS) is 14.8. The molecule has 1 amide bonds. The van der Waals surface area contributed by atoms with E-state index in [1.807, 2.05) is 30.0 Å². The van der Waals surface area contributed by atoms with Gasteiger partial charge < -0.3 is 14.9 Å². The van der Waals surface area contributed by atoms with Crippen molar-refractivity contribution in [2.45, 2.75) is 19.5 Å². The molecule has 31 heavy (non-hydrogen) atoms. The van der Waals surface area contributed by atoms with E-state index < -0.39 is 18.5 Å². The van der Waals surface area contributed by atoms with Crippen molar-refractivity contribution in [1.29, 1.82) is 0 Å². The number of anilines is 1. The molecule has 0 unspecified atom stereocenters. The van der Waals surface area contributed by atoms with Crippen LogP contribution in [0.4, 0.5) is 19.0 Å². The van der Waals surface area contributed by atoms with E-state index in [0.29, 0.717) is 35.8 Å². The Morgan fingerprint density at radius 2 is 1.77 bits per heavy atom. The fourth-order valence-corrected chi connectivity index (χ4v) is 3.70. The maximum Gasteiger partial charge on any atom is 0.397 e. The molecule has 0 bridgehead atoms. The van der Waals surface area contributed by atoms with E-state index in [-0.39, 0.29) is 18.8 Å². The number of nitrogens with zero attached hydrogens (tertiary/aromatic N) is 4. The second-order valence-corrected chi connectivity index (χ2v) is 7.57. The summed E-state index contributed by atoms with van der Waals surface area (Å²) in [6.45, 7) is 3.01. The van der Waals surface area contributed by atoms with Crippen LogP contribution in [0.1, 0.15) is 12.0 Å². The highest BCUT2D eigenvalue weighted by molar-refractivity contribution is 5.92. The number of halogens is 3. The molecule has 6 nitrogen and oxygen atoms in total. The molecule has 1 N–H and O–H groups in total. The molecule has 1 aliphatic heterocycles. The van der Waals surface area contributed by atoms with Crippen molar-refractivity contribution < 1.29 is 23.1 Å². The zero-order valence-corrected chi connectivity index (χ0v) is 16.9. The fourth-order valence-electron chi connectivity index (χ4n) is 3.70.